The number of nitrogens with zero attached hydrogens (tertiary/aromatic N) is 1. The maximum absolute atomic E-state index is 12.9. The van der Waals surface area contributed by atoms with Gasteiger partial charge in [0.1, 0.15) is 17.2 Å². The second kappa shape index (κ2) is 6.83. The third-order valence-corrected chi connectivity index (χ3v) is 4.42. The first-order chi connectivity index (χ1) is 11.6. The molecule has 1 aliphatic rings. The summed E-state index contributed by atoms with van der Waals surface area (Å²) in [6, 6.07) is 12.0. The molecule has 0 unspecified atom stereocenters. The minimum Gasteiger partial charge on any atom is -0.508 e. The number of phenolic OH excluding ortho intramolecular Hbond substituents is 1. The number of benzene rings is 2. The summed E-state index contributed by atoms with van der Waals surface area (Å²) in [4.78, 5) is 14.7. The number of amides is 1. The standard InChI is InChI=1S/C19H21NO4/c1-23-15-9-10-18(24-2)16(12-15)17-4-3-11-20(17)19(22)13-5-7-14(21)8-6-13/h5-10,12,17,21H,3-4,11H2,1-2H3/t17-/m1/s1. The predicted octanol–water partition coefficient (Wildman–Crippen LogP) is 3.39. The summed E-state index contributed by atoms with van der Waals surface area (Å²) in [6.07, 6.45) is 1.82. The molecule has 1 aliphatic heterocycles. The van der Waals surface area contributed by atoms with Crippen LogP contribution in [0.1, 0.15) is 34.8 Å². The van der Waals surface area contributed by atoms with E-state index in [-0.39, 0.29) is 17.7 Å². The number of rotatable bonds is 4. The average molecular weight is 327 g/mol. The number of methoxy groups -OCH3 is 2. The SMILES string of the molecule is COc1ccc(OC)c([C@H]2CCCN2C(=O)c2ccc(O)cc2)c1. The molecule has 1 heterocycles. The van der Waals surface area contributed by atoms with Crippen molar-refractivity contribution >= 4 is 5.91 Å². The lowest BCUT2D eigenvalue weighted by molar-refractivity contribution is 0.0734. The van der Waals surface area contributed by atoms with Gasteiger partial charge < -0.3 is 19.5 Å². The Labute approximate surface area is 141 Å². The van der Waals surface area contributed by atoms with Gasteiger partial charge >= 0.3 is 0 Å². The van der Waals surface area contributed by atoms with Gasteiger partial charge in [-0.1, -0.05) is 0 Å². The highest BCUT2D eigenvalue weighted by molar-refractivity contribution is 5.94. The van der Waals surface area contributed by atoms with E-state index in [9.17, 15) is 9.90 Å². The Kier molecular flexibility index (Phi) is 4.60. The number of ether oxygens (including phenoxy) is 2. The van der Waals surface area contributed by atoms with Crippen LogP contribution in [0.25, 0.3) is 0 Å². The Morgan fingerprint density at radius 1 is 1.12 bits per heavy atom. The van der Waals surface area contributed by atoms with Gasteiger partial charge in [0.2, 0.25) is 0 Å². The lowest BCUT2D eigenvalue weighted by Gasteiger charge is -2.26. The molecule has 0 bridgehead atoms. The molecule has 126 valence electrons. The number of hydrogen-bond acceptors (Lipinski definition) is 4. The molecular formula is C19H21NO4. The molecule has 0 aromatic heterocycles. The van der Waals surface area contributed by atoms with Gasteiger partial charge in [-0.05, 0) is 55.3 Å². The maximum atomic E-state index is 12.9. The minimum absolute atomic E-state index is 0.0395. The second-order valence-electron chi connectivity index (χ2n) is 5.81. The van der Waals surface area contributed by atoms with Gasteiger partial charge in [-0.15, -0.1) is 0 Å². The monoisotopic (exact) mass is 327 g/mol. The predicted molar refractivity (Wildman–Crippen MR) is 90.7 cm³/mol. The van der Waals surface area contributed by atoms with E-state index in [4.69, 9.17) is 9.47 Å². The summed E-state index contributed by atoms with van der Waals surface area (Å²) in [5.74, 6) is 1.61. The number of likely N-dealkylation sites (tertiary alicyclic amines) is 1. The van der Waals surface area contributed by atoms with Crippen LogP contribution in [0, 0.1) is 0 Å². The van der Waals surface area contributed by atoms with Crippen molar-refractivity contribution in [1.29, 1.82) is 0 Å². The number of phenols is 1. The van der Waals surface area contributed by atoms with Crippen molar-refractivity contribution in [3.8, 4) is 17.2 Å². The zero-order valence-electron chi connectivity index (χ0n) is 13.9. The molecule has 2 aromatic rings. The molecule has 1 atom stereocenters. The molecular weight excluding hydrogens is 306 g/mol. The highest BCUT2D eigenvalue weighted by Gasteiger charge is 2.32. The number of carbonyl (C=O) groups is 1. The smallest absolute Gasteiger partial charge is 0.254 e. The van der Waals surface area contributed by atoms with Crippen LogP contribution in [0.3, 0.4) is 0 Å². The lowest BCUT2D eigenvalue weighted by atomic mass is 10.0. The zero-order valence-corrected chi connectivity index (χ0v) is 13.9. The average Bonchev–Trinajstić information content (AvgIpc) is 3.10. The van der Waals surface area contributed by atoms with Gasteiger partial charge in [-0.2, -0.15) is 0 Å². The van der Waals surface area contributed by atoms with Crippen LogP contribution in [-0.2, 0) is 0 Å². The van der Waals surface area contributed by atoms with Crippen molar-refractivity contribution < 1.29 is 19.4 Å². The van der Waals surface area contributed by atoms with Crippen LogP contribution in [0.2, 0.25) is 0 Å². The summed E-state index contributed by atoms with van der Waals surface area (Å²) in [5, 5.41) is 9.40. The molecule has 2 aromatic carbocycles. The summed E-state index contributed by atoms with van der Waals surface area (Å²) in [6.45, 7) is 0.699. The molecule has 1 N–H and O–H groups in total. The fourth-order valence-corrected chi connectivity index (χ4v) is 3.20. The van der Waals surface area contributed by atoms with Crippen molar-refractivity contribution in [2.75, 3.05) is 20.8 Å². The largest absolute Gasteiger partial charge is 0.508 e. The molecule has 1 amide bonds. The van der Waals surface area contributed by atoms with Gasteiger partial charge in [0, 0.05) is 17.7 Å². The van der Waals surface area contributed by atoms with Crippen LogP contribution in [0.4, 0.5) is 0 Å². The van der Waals surface area contributed by atoms with Crippen molar-refractivity contribution in [2.45, 2.75) is 18.9 Å². The van der Waals surface area contributed by atoms with E-state index in [0.29, 0.717) is 12.1 Å². The van der Waals surface area contributed by atoms with Gasteiger partial charge in [0.15, 0.2) is 0 Å². The highest BCUT2D eigenvalue weighted by atomic mass is 16.5. The molecule has 0 saturated carbocycles. The summed E-state index contributed by atoms with van der Waals surface area (Å²) >= 11 is 0. The van der Waals surface area contributed by atoms with Crippen molar-refractivity contribution in [2.24, 2.45) is 0 Å². The van der Waals surface area contributed by atoms with Crippen LogP contribution in [-0.4, -0.2) is 36.7 Å². The lowest BCUT2D eigenvalue weighted by Crippen LogP contribution is -2.30. The summed E-state index contributed by atoms with van der Waals surface area (Å²) in [7, 11) is 3.26. The normalized spacial score (nSPS) is 16.9. The number of aromatic hydroxyl groups is 1. The maximum Gasteiger partial charge on any atom is 0.254 e. The zero-order chi connectivity index (χ0) is 17.1. The highest BCUT2D eigenvalue weighted by Crippen LogP contribution is 2.39. The molecule has 0 spiro atoms. The van der Waals surface area contributed by atoms with Crippen molar-refractivity contribution in [1.82, 2.24) is 4.90 Å². The van der Waals surface area contributed by atoms with Crippen molar-refractivity contribution in [3.05, 3.63) is 53.6 Å². The van der Waals surface area contributed by atoms with Crippen LogP contribution in [0.15, 0.2) is 42.5 Å². The molecule has 0 radical (unpaired) electrons. The van der Waals surface area contributed by atoms with E-state index in [2.05, 4.69) is 0 Å². The van der Waals surface area contributed by atoms with Crippen LogP contribution < -0.4 is 9.47 Å². The molecule has 1 fully saturated rings. The molecule has 0 aliphatic carbocycles. The fraction of sp³-hybridized carbons (Fsp3) is 0.316. The van der Waals surface area contributed by atoms with Gasteiger partial charge in [-0.3, -0.25) is 4.79 Å². The van der Waals surface area contributed by atoms with Crippen LogP contribution in [0.5, 0.6) is 17.2 Å². The molecule has 3 rings (SSSR count). The Morgan fingerprint density at radius 2 is 1.88 bits per heavy atom. The fourth-order valence-electron chi connectivity index (χ4n) is 3.20. The first kappa shape index (κ1) is 16.2. The quantitative estimate of drug-likeness (QED) is 0.935. The number of hydrogen-bond donors (Lipinski definition) is 1. The molecule has 1 saturated heterocycles. The van der Waals surface area contributed by atoms with Crippen molar-refractivity contribution in [3.63, 3.8) is 0 Å². The third kappa shape index (κ3) is 3.02. The Hall–Kier alpha value is -2.69. The summed E-state index contributed by atoms with van der Waals surface area (Å²) in [5.41, 5.74) is 1.53. The minimum atomic E-state index is -0.0450. The second-order valence-corrected chi connectivity index (χ2v) is 5.81. The number of carbonyl (C=O) groups excluding carboxylic acids is 1. The topological polar surface area (TPSA) is 59.0 Å². The van der Waals surface area contributed by atoms with E-state index in [0.717, 1.165) is 29.9 Å². The van der Waals surface area contributed by atoms with E-state index < -0.39 is 0 Å². The Bertz CT molecular complexity index is 727. The first-order valence-electron chi connectivity index (χ1n) is 7.96. The Morgan fingerprint density at radius 3 is 2.54 bits per heavy atom. The van der Waals surface area contributed by atoms with Gasteiger partial charge in [-0.25, -0.2) is 0 Å². The Balaban J connectivity index is 1.93. The molecule has 5 nitrogen and oxygen atoms in total. The first-order valence-corrected chi connectivity index (χ1v) is 7.96. The summed E-state index contributed by atoms with van der Waals surface area (Å²) < 4.78 is 10.8. The van der Waals surface area contributed by atoms with E-state index in [1.54, 1.807) is 26.4 Å². The molecule has 24 heavy (non-hydrogen) atoms. The third-order valence-electron chi connectivity index (χ3n) is 4.42. The van der Waals surface area contributed by atoms with Gasteiger partial charge in [0.25, 0.3) is 5.91 Å². The van der Waals surface area contributed by atoms with Gasteiger partial charge in [0.05, 0.1) is 20.3 Å². The van der Waals surface area contributed by atoms with E-state index in [1.807, 2.05) is 23.1 Å². The molecule has 5 heteroatoms. The van der Waals surface area contributed by atoms with E-state index in [1.165, 1.54) is 12.1 Å². The van der Waals surface area contributed by atoms with E-state index >= 15 is 0 Å². The van der Waals surface area contributed by atoms with Crippen LogP contribution >= 0.6 is 0 Å².